The van der Waals surface area contributed by atoms with Gasteiger partial charge in [0.1, 0.15) is 17.7 Å². The van der Waals surface area contributed by atoms with E-state index in [1.807, 2.05) is 0 Å². The highest BCUT2D eigenvalue weighted by molar-refractivity contribution is 6.35. The molecular formula is C16H10ClF2NO. The molecule has 0 aliphatic carbocycles. The van der Waals surface area contributed by atoms with Crippen molar-refractivity contribution in [1.82, 2.24) is 4.98 Å². The highest BCUT2D eigenvalue weighted by Crippen LogP contribution is 2.33. The Morgan fingerprint density at radius 3 is 2.43 bits per heavy atom. The summed E-state index contributed by atoms with van der Waals surface area (Å²) in [5.41, 5.74) is 0.325. The molecule has 1 heterocycles. The third-order valence-corrected chi connectivity index (χ3v) is 3.64. The van der Waals surface area contributed by atoms with Crippen LogP contribution in [-0.2, 0) is 0 Å². The standard InChI is InChI=1S/C16H10ClF2NO/c17-11-7-6-10(15-9(11)3-2-8-20-15)16(21)14-12(18)4-1-5-13(14)19/h1-8,16,21H. The summed E-state index contributed by atoms with van der Waals surface area (Å²) in [5.74, 6) is -1.61. The van der Waals surface area contributed by atoms with Crippen molar-refractivity contribution in [3.8, 4) is 0 Å². The second-order valence-corrected chi connectivity index (χ2v) is 4.98. The van der Waals surface area contributed by atoms with Crippen LogP contribution in [0.5, 0.6) is 0 Å². The molecule has 0 bridgehead atoms. The highest BCUT2D eigenvalue weighted by atomic mass is 35.5. The van der Waals surface area contributed by atoms with Gasteiger partial charge in [0.25, 0.3) is 0 Å². The lowest BCUT2D eigenvalue weighted by atomic mass is 9.98. The molecule has 0 radical (unpaired) electrons. The summed E-state index contributed by atoms with van der Waals surface area (Å²) < 4.78 is 27.6. The maximum Gasteiger partial charge on any atom is 0.132 e. The third-order valence-electron chi connectivity index (χ3n) is 3.32. The second kappa shape index (κ2) is 5.39. The van der Waals surface area contributed by atoms with Crippen molar-refractivity contribution in [1.29, 1.82) is 0 Å². The van der Waals surface area contributed by atoms with E-state index < -0.39 is 23.3 Å². The molecule has 2 aromatic carbocycles. The number of benzene rings is 2. The summed E-state index contributed by atoms with van der Waals surface area (Å²) in [6, 6.07) is 9.99. The van der Waals surface area contributed by atoms with Crippen LogP contribution in [0, 0.1) is 11.6 Å². The zero-order chi connectivity index (χ0) is 15.0. The average Bonchev–Trinajstić information content (AvgIpc) is 2.47. The number of fused-ring (bicyclic) bond motifs is 1. The average molecular weight is 306 g/mol. The highest BCUT2D eigenvalue weighted by Gasteiger charge is 2.22. The number of pyridine rings is 1. The van der Waals surface area contributed by atoms with E-state index in [0.717, 1.165) is 12.1 Å². The number of aliphatic hydroxyl groups is 1. The summed E-state index contributed by atoms with van der Waals surface area (Å²) in [6.07, 6.45) is 0.0768. The number of hydrogen-bond acceptors (Lipinski definition) is 2. The van der Waals surface area contributed by atoms with Gasteiger partial charge in [-0.25, -0.2) is 8.78 Å². The zero-order valence-corrected chi connectivity index (χ0v) is 11.5. The summed E-state index contributed by atoms with van der Waals surface area (Å²) in [5, 5.41) is 11.5. The van der Waals surface area contributed by atoms with Gasteiger partial charge in [0.15, 0.2) is 0 Å². The van der Waals surface area contributed by atoms with Crippen molar-refractivity contribution in [2.24, 2.45) is 0 Å². The van der Waals surface area contributed by atoms with Crippen molar-refractivity contribution in [2.45, 2.75) is 6.10 Å². The Bertz CT molecular complexity index is 802. The molecule has 21 heavy (non-hydrogen) atoms. The number of halogens is 3. The third kappa shape index (κ3) is 2.37. The first kappa shape index (κ1) is 13.9. The maximum atomic E-state index is 13.8. The van der Waals surface area contributed by atoms with E-state index in [9.17, 15) is 13.9 Å². The van der Waals surface area contributed by atoms with E-state index in [-0.39, 0.29) is 0 Å². The van der Waals surface area contributed by atoms with Crippen LogP contribution in [0.3, 0.4) is 0 Å². The van der Waals surface area contributed by atoms with E-state index in [1.165, 1.54) is 18.3 Å². The first-order valence-corrected chi connectivity index (χ1v) is 6.62. The molecule has 1 unspecified atom stereocenters. The molecule has 106 valence electrons. The monoisotopic (exact) mass is 305 g/mol. The van der Waals surface area contributed by atoms with Crippen LogP contribution in [0.4, 0.5) is 8.78 Å². The molecule has 1 aromatic heterocycles. The lowest BCUT2D eigenvalue weighted by Gasteiger charge is -2.15. The Morgan fingerprint density at radius 1 is 1.00 bits per heavy atom. The molecule has 0 saturated heterocycles. The van der Waals surface area contributed by atoms with E-state index >= 15 is 0 Å². The summed E-state index contributed by atoms with van der Waals surface area (Å²) in [4.78, 5) is 4.16. The predicted octanol–water partition coefficient (Wildman–Crippen LogP) is 4.25. The topological polar surface area (TPSA) is 33.1 Å². The van der Waals surface area contributed by atoms with E-state index in [2.05, 4.69) is 4.98 Å². The van der Waals surface area contributed by atoms with Crippen LogP contribution in [0.2, 0.25) is 5.02 Å². The molecule has 0 aliphatic heterocycles. The van der Waals surface area contributed by atoms with E-state index in [0.29, 0.717) is 21.5 Å². The molecule has 2 nitrogen and oxygen atoms in total. The fourth-order valence-corrected chi connectivity index (χ4v) is 2.52. The summed E-state index contributed by atoms with van der Waals surface area (Å²) in [7, 11) is 0. The van der Waals surface area contributed by atoms with Gasteiger partial charge in [-0.2, -0.15) is 0 Å². The summed E-state index contributed by atoms with van der Waals surface area (Å²) >= 11 is 6.07. The maximum absolute atomic E-state index is 13.8. The Kier molecular flexibility index (Phi) is 3.57. The van der Waals surface area contributed by atoms with Gasteiger partial charge in [0.05, 0.1) is 11.1 Å². The van der Waals surface area contributed by atoms with Crippen LogP contribution in [0.25, 0.3) is 10.9 Å². The van der Waals surface area contributed by atoms with Gasteiger partial charge in [0.2, 0.25) is 0 Å². The van der Waals surface area contributed by atoms with Gasteiger partial charge < -0.3 is 5.11 Å². The number of nitrogens with zero attached hydrogens (tertiary/aromatic N) is 1. The molecule has 1 N–H and O–H groups in total. The number of hydrogen-bond donors (Lipinski definition) is 1. The second-order valence-electron chi connectivity index (χ2n) is 4.57. The van der Waals surface area contributed by atoms with Gasteiger partial charge in [-0.15, -0.1) is 0 Å². The van der Waals surface area contributed by atoms with Gasteiger partial charge in [0, 0.05) is 22.2 Å². The number of rotatable bonds is 2. The molecule has 5 heteroatoms. The van der Waals surface area contributed by atoms with E-state index in [1.54, 1.807) is 18.2 Å². The minimum atomic E-state index is -1.46. The molecular weight excluding hydrogens is 296 g/mol. The Hall–Kier alpha value is -2.04. The van der Waals surface area contributed by atoms with Crippen LogP contribution in [-0.4, -0.2) is 10.1 Å². The Balaban J connectivity index is 2.23. The Morgan fingerprint density at radius 2 is 1.71 bits per heavy atom. The van der Waals surface area contributed by atoms with Gasteiger partial charge in [-0.05, 0) is 30.3 Å². The largest absolute Gasteiger partial charge is 0.383 e. The van der Waals surface area contributed by atoms with Crippen LogP contribution < -0.4 is 0 Å². The lowest BCUT2D eigenvalue weighted by molar-refractivity contribution is 0.210. The minimum absolute atomic E-state index is 0.305. The first-order chi connectivity index (χ1) is 10.1. The molecule has 0 spiro atoms. The summed E-state index contributed by atoms with van der Waals surface area (Å²) in [6.45, 7) is 0. The van der Waals surface area contributed by atoms with Crippen molar-refractivity contribution < 1.29 is 13.9 Å². The number of aliphatic hydroxyl groups excluding tert-OH is 1. The normalized spacial score (nSPS) is 12.6. The van der Waals surface area contributed by atoms with Gasteiger partial charge >= 0.3 is 0 Å². The molecule has 0 aliphatic rings. The van der Waals surface area contributed by atoms with Crippen molar-refractivity contribution >= 4 is 22.5 Å². The van der Waals surface area contributed by atoms with Crippen molar-refractivity contribution in [3.63, 3.8) is 0 Å². The first-order valence-electron chi connectivity index (χ1n) is 6.24. The van der Waals surface area contributed by atoms with Crippen LogP contribution in [0.15, 0.2) is 48.7 Å². The minimum Gasteiger partial charge on any atom is -0.383 e. The van der Waals surface area contributed by atoms with Crippen LogP contribution >= 0.6 is 11.6 Å². The lowest BCUT2D eigenvalue weighted by Crippen LogP contribution is -2.07. The van der Waals surface area contributed by atoms with E-state index in [4.69, 9.17) is 11.6 Å². The fraction of sp³-hybridized carbons (Fsp3) is 0.0625. The van der Waals surface area contributed by atoms with Gasteiger partial charge in [-0.3, -0.25) is 4.98 Å². The SMILES string of the molecule is OC(c1c(F)cccc1F)c1ccc(Cl)c2cccnc12. The smallest absolute Gasteiger partial charge is 0.132 e. The molecule has 3 rings (SSSR count). The van der Waals surface area contributed by atoms with Crippen molar-refractivity contribution in [3.05, 3.63) is 76.4 Å². The zero-order valence-electron chi connectivity index (χ0n) is 10.7. The Labute approximate surface area is 124 Å². The molecule has 0 amide bonds. The fourth-order valence-electron chi connectivity index (χ4n) is 2.31. The van der Waals surface area contributed by atoms with Crippen LogP contribution in [0.1, 0.15) is 17.2 Å². The van der Waals surface area contributed by atoms with Gasteiger partial charge in [-0.1, -0.05) is 23.7 Å². The van der Waals surface area contributed by atoms with Crippen molar-refractivity contribution in [2.75, 3.05) is 0 Å². The number of aromatic nitrogens is 1. The molecule has 0 fully saturated rings. The molecule has 3 aromatic rings. The predicted molar refractivity (Wildman–Crippen MR) is 77.2 cm³/mol. The molecule has 0 saturated carbocycles. The molecule has 1 atom stereocenters. The quantitative estimate of drug-likeness (QED) is 0.768.